The van der Waals surface area contributed by atoms with Crippen LogP contribution in [0.5, 0.6) is 0 Å². The van der Waals surface area contributed by atoms with Crippen LogP contribution in [0.1, 0.15) is 46.3 Å². The molecule has 0 bridgehead atoms. The molecule has 0 saturated carbocycles. The molecule has 3 heterocycles. The topological polar surface area (TPSA) is 83.9 Å². The molecule has 2 aliphatic rings. The van der Waals surface area contributed by atoms with Gasteiger partial charge in [0.1, 0.15) is 5.71 Å². The second-order valence-electron chi connectivity index (χ2n) is 8.16. The van der Waals surface area contributed by atoms with E-state index in [1.54, 1.807) is 12.4 Å². The molecule has 4 rings (SSSR count). The SMILES string of the molecule is Cc1ccc(C(=O)N2CCCC3(CC(C(=O)NCc4ccncc4)=NO3)C2)cc1C. The molecule has 1 spiro atoms. The number of hydrogen-bond acceptors (Lipinski definition) is 5. The molecule has 1 unspecified atom stereocenters. The first-order valence-electron chi connectivity index (χ1n) is 10.2. The Labute approximate surface area is 176 Å². The van der Waals surface area contributed by atoms with Crippen molar-refractivity contribution < 1.29 is 14.4 Å². The normalized spacial score (nSPS) is 20.6. The van der Waals surface area contributed by atoms with E-state index in [1.807, 2.05) is 49.1 Å². The quantitative estimate of drug-likeness (QED) is 0.846. The molecule has 30 heavy (non-hydrogen) atoms. The second-order valence-corrected chi connectivity index (χ2v) is 8.16. The van der Waals surface area contributed by atoms with Crippen LogP contribution in [0.15, 0.2) is 47.9 Å². The first-order valence-corrected chi connectivity index (χ1v) is 10.2. The van der Waals surface area contributed by atoms with Crippen molar-refractivity contribution in [1.82, 2.24) is 15.2 Å². The van der Waals surface area contributed by atoms with Crippen molar-refractivity contribution in [3.63, 3.8) is 0 Å². The molecule has 156 valence electrons. The zero-order valence-corrected chi connectivity index (χ0v) is 17.4. The number of benzene rings is 1. The molecule has 1 N–H and O–H groups in total. The van der Waals surface area contributed by atoms with Crippen molar-refractivity contribution in [1.29, 1.82) is 0 Å². The van der Waals surface area contributed by atoms with Gasteiger partial charge < -0.3 is 15.1 Å². The fourth-order valence-electron chi connectivity index (χ4n) is 3.98. The highest BCUT2D eigenvalue weighted by molar-refractivity contribution is 6.39. The predicted octanol–water partition coefficient (Wildman–Crippen LogP) is 2.77. The molecule has 1 aromatic heterocycles. The summed E-state index contributed by atoms with van der Waals surface area (Å²) in [7, 11) is 0. The zero-order chi connectivity index (χ0) is 21.1. The summed E-state index contributed by atoms with van der Waals surface area (Å²) in [6.45, 7) is 5.56. The van der Waals surface area contributed by atoms with Crippen LogP contribution in [-0.2, 0) is 16.2 Å². The number of aromatic nitrogens is 1. The average Bonchev–Trinajstić information content (AvgIpc) is 3.17. The molecule has 0 aliphatic carbocycles. The minimum Gasteiger partial charge on any atom is -0.386 e. The van der Waals surface area contributed by atoms with E-state index in [4.69, 9.17) is 4.84 Å². The van der Waals surface area contributed by atoms with Gasteiger partial charge in [-0.05, 0) is 67.6 Å². The van der Waals surface area contributed by atoms with Crippen LogP contribution in [0.25, 0.3) is 0 Å². The molecule has 2 aromatic rings. The fourth-order valence-corrected chi connectivity index (χ4v) is 3.98. The third-order valence-electron chi connectivity index (χ3n) is 5.88. The Morgan fingerprint density at radius 3 is 2.73 bits per heavy atom. The fraction of sp³-hybridized carbons (Fsp3) is 0.391. The number of likely N-dealkylation sites (tertiary alicyclic amines) is 1. The van der Waals surface area contributed by atoms with Crippen molar-refractivity contribution in [2.24, 2.45) is 5.16 Å². The molecule has 1 saturated heterocycles. The van der Waals surface area contributed by atoms with Gasteiger partial charge in [-0.1, -0.05) is 11.2 Å². The number of aryl methyl sites for hydroxylation is 2. The van der Waals surface area contributed by atoms with Crippen molar-refractivity contribution in [2.75, 3.05) is 13.1 Å². The number of hydrogen-bond donors (Lipinski definition) is 1. The summed E-state index contributed by atoms with van der Waals surface area (Å²) in [6.07, 6.45) is 5.38. The first kappa shape index (κ1) is 20.1. The van der Waals surface area contributed by atoms with Crippen molar-refractivity contribution in [3.8, 4) is 0 Å². The number of amides is 2. The Hall–Kier alpha value is -3.22. The monoisotopic (exact) mass is 406 g/mol. The lowest BCUT2D eigenvalue weighted by Gasteiger charge is -2.38. The molecule has 1 fully saturated rings. The van der Waals surface area contributed by atoms with Gasteiger partial charge in [-0.2, -0.15) is 0 Å². The Balaban J connectivity index is 1.38. The number of pyridine rings is 1. The van der Waals surface area contributed by atoms with E-state index in [0.29, 0.717) is 37.3 Å². The number of carbonyl (C=O) groups excluding carboxylic acids is 2. The number of rotatable bonds is 4. The van der Waals surface area contributed by atoms with Gasteiger partial charge in [-0.3, -0.25) is 14.6 Å². The molecule has 7 nitrogen and oxygen atoms in total. The maximum absolute atomic E-state index is 13.0. The maximum atomic E-state index is 13.0. The van der Waals surface area contributed by atoms with Crippen LogP contribution in [0.2, 0.25) is 0 Å². The minimum absolute atomic E-state index is 0.00337. The lowest BCUT2D eigenvalue weighted by Crippen LogP contribution is -2.51. The molecule has 2 amide bonds. The zero-order valence-electron chi connectivity index (χ0n) is 17.4. The van der Waals surface area contributed by atoms with Gasteiger partial charge in [0.15, 0.2) is 5.60 Å². The van der Waals surface area contributed by atoms with E-state index < -0.39 is 5.60 Å². The highest BCUT2D eigenvalue weighted by Crippen LogP contribution is 2.34. The summed E-state index contributed by atoms with van der Waals surface area (Å²) in [6, 6.07) is 9.49. The number of nitrogens with zero attached hydrogens (tertiary/aromatic N) is 3. The van der Waals surface area contributed by atoms with Gasteiger partial charge in [0.25, 0.3) is 11.8 Å². The second kappa shape index (κ2) is 8.26. The Morgan fingerprint density at radius 2 is 1.97 bits per heavy atom. The van der Waals surface area contributed by atoms with Gasteiger partial charge in [-0.25, -0.2) is 0 Å². The molecular weight excluding hydrogens is 380 g/mol. The Kier molecular flexibility index (Phi) is 5.53. The van der Waals surface area contributed by atoms with Crippen molar-refractivity contribution in [3.05, 3.63) is 65.0 Å². The van der Waals surface area contributed by atoms with Crippen LogP contribution >= 0.6 is 0 Å². The van der Waals surface area contributed by atoms with Gasteiger partial charge >= 0.3 is 0 Å². The highest BCUT2D eigenvalue weighted by atomic mass is 16.7. The average molecular weight is 406 g/mol. The van der Waals surface area contributed by atoms with Crippen molar-refractivity contribution in [2.45, 2.75) is 45.3 Å². The third kappa shape index (κ3) is 4.20. The summed E-state index contributed by atoms with van der Waals surface area (Å²) >= 11 is 0. The van der Waals surface area contributed by atoms with E-state index in [2.05, 4.69) is 15.5 Å². The maximum Gasteiger partial charge on any atom is 0.269 e. The van der Waals surface area contributed by atoms with Crippen LogP contribution in [0.4, 0.5) is 0 Å². The lowest BCUT2D eigenvalue weighted by atomic mass is 9.87. The van der Waals surface area contributed by atoms with E-state index in [-0.39, 0.29) is 11.8 Å². The molecule has 1 aromatic carbocycles. The molecule has 1 atom stereocenters. The van der Waals surface area contributed by atoms with E-state index in [1.165, 1.54) is 0 Å². The number of piperidine rings is 1. The molecule has 0 radical (unpaired) electrons. The first-order chi connectivity index (χ1) is 14.5. The molecular formula is C23H26N4O3. The van der Waals surface area contributed by atoms with Gasteiger partial charge in [0.2, 0.25) is 0 Å². The van der Waals surface area contributed by atoms with E-state index in [9.17, 15) is 9.59 Å². The van der Waals surface area contributed by atoms with Crippen LogP contribution < -0.4 is 5.32 Å². The molecule has 2 aliphatic heterocycles. The van der Waals surface area contributed by atoms with Crippen molar-refractivity contribution >= 4 is 17.5 Å². The summed E-state index contributed by atoms with van der Waals surface area (Å²) < 4.78 is 0. The Bertz CT molecular complexity index is 989. The highest BCUT2D eigenvalue weighted by Gasteiger charge is 2.45. The largest absolute Gasteiger partial charge is 0.386 e. The number of carbonyl (C=O) groups is 2. The standard InChI is InChI=1S/C23H26N4O3/c1-16-4-5-19(12-17(16)2)22(29)27-11-3-8-23(15-27)13-20(26-30-23)21(28)25-14-18-6-9-24-10-7-18/h4-7,9-10,12H,3,8,11,13-15H2,1-2H3,(H,25,28). The van der Waals surface area contributed by atoms with E-state index >= 15 is 0 Å². The smallest absolute Gasteiger partial charge is 0.269 e. The molecule has 7 heteroatoms. The summed E-state index contributed by atoms with van der Waals surface area (Å²) in [5.41, 5.74) is 3.68. The summed E-state index contributed by atoms with van der Waals surface area (Å²) in [5.74, 6) is -0.238. The van der Waals surface area contributed by atoms with Crippen LogP contribution in [0.3, 0.4) is 0 Å². The number of nitrogens with one attached hydrogen (secondary N) is 1. The lowest BCUT2D eigenvalue weighted by molar-refractivity contribution is -0.115. The van der Waals surface area contributed by atoms with Gasteiger partial charge in [0, 0.05) is 37.5 Å². The van der Waals surface area contributed by atoms with Gasteiger partial charge in [0.05, 0.1) is 6.54 Å². The van der Waals surface area contributed by atoms with E-state index in [0.717, 1.165) is 29.5 Å². The Morgan fingerprint density at radius 1 is 1.17 bits per heavy atom. The summed E-state index contributed by atoms with van der Waals surface area (Å²) in [5, 5.41) is 6.95. The van der Waals surface area contributed by atoms with Crippen LogP contribution in [-0.4, -0.2) is 46.1 Å². The predicted molar refractivity (Wildman–Crippen MR) is 113 cm³/mol. The minimum atomic E-state index is -0.614. The van der Waals surface area contributed by atoms with Gasteiger partial charge in [-0.15, -0.1) is 0 Å². The number of oxime groups is 1. The van der Waals surface area contributed by atoms with Crippen LogP contribution in [0, 0.1) is 13.8 Å². The third-order valence-corrected chi connectivity index (χ3v) is 5.88. The summed E-state index contributed by atoms with van der Waals surface area (Å²) in [4.78, 5) is 37.1.